The Hall–Kier alpha value is -0.450. The van der Waals surface area contributed by atoms with Crippen molar-refractivity contribution in [3.8, 4) is 0 Å². The van der Waals surface area contributed by atoms with Crippen LogP contribution in [0.1, 0.15) is 19.0 Å². The third-order valence-electron chi connectivity index (χ3n) is 3.00. The van der Waals surface area contributed by atoms with Crippen molar-refractivity contribution >= 4 is 11.3 Å². The predicted molar refractivity (Wildman–Crippen MR) is 62.2 cm³/mol. The summed E-state index contributed by atoms with van der Waals surface area (Å²) in [6.07, 6.45) is 2.23. The zero-order chi connectivity index (χ0) is 10.5. The summed E-state index contributed by atoms with van der Waals surface area (Å²) in [5.41, 5.74) is 3.09. The van der Waals surface area contributed by atoms with Gasteiger partial charge < -0.3 is 10.1 Å². The molecule has 0 bridgehead atoms. The first-order chi connectivity index (χ1) is 7.36. The van der Waals surface area contributed by atoms with Crippen LogP contribution in [-0.2, 0) is 11.2 Å². The van der Waals surface area contributed by atoms with E-state index in [1.807, 2.05) is 5.51 Å². The maximum atomic E-state index is 5.38. The van der Waals surface area contributed by atoms with Crippen LogP contribution < -0.4 is 5.32 Å². The van der Waals surface area contributed by atoms with E-state index in [1.54, 1.807) is 11.3 Å². The minimum atomic E-state index is 0.561. The van der Waals surface area contributed by atoms with Crippen molar-refractivity contribution in [2.24, 2.45) is 5.92 Å². The molecule has 1 N–H and O–H groups in total. The molecule has 15 heavy (non-hydrogen) atoms. The number of hydrogen-bond acceptors (Lipinski definition) is 4. The largest absolute Gasteiger partial charge is 0.381 e. The molecule has 0 spiro atoms. The fraction of sp³-hybridized carbons (Fsp3) is 0.727. The summed E-state index contributed by atoms with van der Waals surface area (Å²) in [4.78, 5) is 4.26. The second-order valence-corrected chi connectivity index (χ2v) is 4.81. The summed E-state index contributed by atoms with van der Waals surface area (Å²) in [6, 6.07) is 0.561. The molecule has 2 atom stereocenters. The van der Waals surface area contributed by atoms with Crippen molar-refractivity contribution in [1.29, 1.82) is 0 Å². The zero-order valence-electron chi connectivity index (χ0n) is 9.11. The molecular weight excluding hydrogens is 208 g/mol. The van der Waals surface area contributed by atoms with Crippen molar-refractivity contribution < 1.29 is 4.74 Å². The number of aromatic nitrogens is 1. The van der Waals surface area contributed by atoms with Gasteiger partial charge in [0.15, 0.2) is 0 Å². The molecule has 4 heteroatoms. The van der Waals surface area contributed by atoms with Gasteiger partial charge in [-0.15, -0.1) is 11.3 Å². The third kappa shape index (κ3) is 3.26. The minimum Gasteiger partial charge on any atom is -0.381 e. The molecule has 0 aliphatic carbocycles. The van der Waals surface area contributed by atoms with Crippen molar-refractivity contribution in [3.63, 3.8) is 0 Å². The quantitative estimate of drug-likeness (QED) is 0.830. The van der Waals surface area contributed by atoms with Crippen LogP contribution in [0.2, 0.25) is 0 Å². The Morgan fingerprint density at radius 2 is 2.67 bits per heavy atom. The molecule has 3 nitrogen and oxygen atoms in total. The van der Waals surface area contributed by atoms with E-state index < -0.39 is 0 Å². The Morgan fingerprint density at radius 1 is 1.73 bits per heavy atom. The normalized spacial score (nSPS) is 23.1. The summed E-state index contributed by atoms with van der Waals surface area (Å²) in [7, 11) is 0. The van der Waals surface area contributed by atoms with Crippen molar-refractivity contribution in [1.82, 2.24) is 10.3 Å². The molecule has 1 aromatic rings. The average Bonchev–Trinajstić information content (AvgIpc) is 2.90. The number of hydrogen-bond donors (Lipinski definition) is 1. The Kier molecular flexibility index (Phi) is 4.11. The standard InChI is InChI=1S/C11H18N2OS/c1-9(10-3-5-14-6-10)12-4-2-11-7-15-8-13-11/h7-10,12H,2-6H2,1H3. The van der Waals surface area contributed by atoms with Gasteiger partial charge in [0.25, 0.3) is 0 Å². The molecule has 2 heterocycles. The highest BCUT2D eigenvalue weighted by atomic mass is 32.1. The summed E-state index contributed by atoms with van der Waals surface area (Å²) >= 11 is 1.66. The topological polar surface area (TPSA) is 34.2 Å². The van der Waals surface area contributed by atoms with Gasteiger partial charge in [0.1, 0.15) is 0 Å². The molecule has 84 valence electrons. The summed E-state index contributed by atoms with van der Waals surface area (Å²) < 4.78 is 5.38. The van der Waals surface area contributed by atoms with Crippen LogP contribution in [0.3, 0.4) is 0 Å². The van der Waals surface area contributed by atoms with Gasteiger partial charge in [0, 0.05) is 31.0 Å². The van der Waals surface area contributed by atoms with Crippen LogP contribution >= 0.6 is 11.3 Å². The molecule has 1 aromatic heterocycles. The van der Waals surface area contributed by atoms with Crippen LogP contribution in [0, 0.1) is 5.92 Å². The second kappa shape index (κ2) is 5.58. The fourth-order valence-electron chi connectivity index (χ4n) is 1.90. The van der Waals surface area contributed by atoms with Gasteiger partial charge in [0.05, 0.1) is 17.8 Å². The lowest BCUT2D eigenvalue weighted by Gasteiger charge is -2.18. The first-order valence-corrected chi connectivity index (χ1v) is 6.49. The fourth-order valence-corrected chi connectivity index (χ4v) is 2.50. The van der Waals surface area contributed by atoms with Gasteiger partial charge in [-0.25, -0.2) is 4.98 Å². The van der Waals surface area contributed by atoms with E-state index in [0.29, 0.717) is 12.0 Å². The average molecular weight is 226 g/mol. The van der Waals surface area contributed by atoms with Gasteiger partial charge in [0.2, 0.25) is 0 Å². The smallest absolute Gasteiger partial charge is 0.0794 e. The second-order valence-electron chi connectivity index (χ2n) is 4.10. The van der Waals surface area contributed by atoms with E-state index in [9.17, 15) is 0 Å². The summed E-state index contributed by atoms with van der Waals surface area (Å²) in [6.45, 7) is 5.12. The van der Waals surface area contributed by atoms with Gasteiger partial charge >= 0.3 is 0 Å². The maximum absolute atomic E-state index is 5.38. The predicted octanol–water partition coefficient (Wildman–Crippen LogP) is 1.70. The van der Waals surface area contributed by atoms with Crippen LogP contribution in [0.4, 0.5) is 0 Å². The highest BCUT2D eigenvalue weighted by Crippen LogP contribution is 2.16. The molecule has 0 aromatic carbocycles. The van der Waals surface area contributed by atoms with Crippen molar-refractivity contribution in [2.45, 2.75) is 25.8 Å². The van der Waals surface area contributed by atoms with E-state index in [0.717, 1.165) is 26.2 Å². The molecule has 1 aliphatic rings. The zero-order valence-corrected chi connectivity index (χ0v) is 9.93. The maximum Gasteiger partial charge on any atom is 0.0794 e. The number of ether oxygens (including phenoxy) is 1. The lowest BCUT2D eigenvalue weighted by atomic mass is 10.0. The van der Waals surface area contributed by atoms with E-state index >= 15 is 0 Å². The summed E-state index contributed by atoms with van der Waals surface area (Å²) in [5, 5.41) is 5.66. The lowest BCUT2D eigenvalue weighted by Crippen LogP contribution is -2.35. The van der Waals surface area contributed by atoms with Gasteiger partial charge in [-0.05, 0) is 19.3 Å². The van der Waals surface area contributed by atoms with Crippen LogP contribution in [-0.4, -0.2) is 30.8 Å². The first kappa shape index (κ1) is 11.0. The molecule has 1 saturated heterocycles. The van der Waals surface area contributed by atoms with Gasteiger partial charge in [-0.1, -0.05) is 0 Å². The summed E-state index contributed by atoms with van der Waals surface area (Å²) in [5.74, 6) is 0.695. The van der Waals surface area contributed by atoms with Gasteiger partial charge in [-0.2, -0.15) is 0 Å². The minimum absolute atomic E-state index is 0.561. The van der Waals surface area contributed by atoms with E-state index in [4.69, 9.17) is 4.74 Å². The molecular formula is C11H18N2OS. The number of thiazole rings is 1. The third-order valence-corrected chi connectivity index (χ3v) is 3.64. The first-order valence-electron chi connectivity index (χ1n) is 5.54. The van der Waals surface area contributed by atoms with Gasteiger partial charge in [-0.3, -0.25) is 0 Å². The number of nitrogens with one attached hydrogen (secondary N) is 1. The molecule has 2 unspecified atom stereocenters. The van der Waals surface area contributed by atoms with E-state index in [2.05, 4.69) is 22.6 Å². The molecule has 0 radical (unpaired) electrons. The Labute approximate surface area is 94.9 Å². The SMILES string of the molecule is CC(NCCc1cscn1)C1CCOC1. The Balaban J connectivity index is 1.64. The van der Waals surface area contributed by atoms with E-state index in [1.165, 1.54) is 12.1 Å². The van der Waals surface area contributed by atoms with E-state index in [-0.39, 0.29) is 0 Å². The lowest BCUT2D eigenvalue weighted by molar-refractivity contribution is 0.178. The highest BCUT2D eigenvalue weighted by Gasteiger charge is 2.21. The van der Waals surface area contributed by atoms with Crippen LogP contribution in [0.5, 0.6) is 0 Å². The molecule has 0 saturated carbocycles. The molecule has 1 aliphatic heterocycles. The molecule has 1 fully saturated rings. The monoisotopic (exact) mass is 226 g/mol. The van der Waals surface area contributed by atoms with Crippen molar-refractivity contribution in [2.75, 3.05) is 19.8 Å². The molecule has 2 rings (SSSR count). The highest BCUT2D eigenvalue weighted by molar-refractivity contribution is 7.07. The Bertz CT molecular complexity index is 270. The number of nitrogens with zero attached hydrogens (tertiary/aromatic N) is 1. The van der Waals surface area contributed by atoms with Crippen LogP contribution in [0.25, 0.3) is 0 Å². The Morgan fingerprint density at radius 3 is 3.33 bits per heavy atom. The number of rotatable bonds is 5. The van der Waals surface area contributed by atoms with Crippen molar-refractivity contribution in [3.05, 3.63) is 16.6 Å². The van der Waals surface area contributed by atoms with Crippen LogP contribution in [0.15, 0.2) is 10.9 Å². The molecule has 0 amide bonds.